The summed E-state index contributed by atoms with van der Waals surface area (Å²) in [5.41, 5.74) is 1.23. The average molecular weight is 195 g/mol. The number of aromatic nitrogens is 2. The lowest BCUT2D eigenvalue weighted by molar-refractivity contribution is 0.107. The van der Waals surface area contributed by atoms with E-state index >= 15 is 0 Å². The third-order valence-electron chi connectivity index (χ3n) is 1.94. The molecular weight excluding hydrogens is 188 g/mol. The van der Waals surface area contributed by atoms with Crippen LogP contribution in [0.3, 0.4) is 0 Å². The van der Waals surface area contributed by atoms with Crippen LogP contribution < -0.4 is 0 Å². The van der Waals surface area contributed by atoms with Crippen LogP contribution in [0.1, 0.15) is 10.5 Å². The van der Waals surface area contributed by atoms with Gasteiger partial charge in [0.25, 0.3) is 5.24 Å². The predicted molar refractivity (Wildman–Crippen MR) is 50.9 cm³/mol. The van der Waals surface area contributed by atoms with Gasteiger partial charge in [0.2, 0.25) is 0 Å². The van der Waals surface area contributed by atoms with Crippen LogP contribution in [0.15, 0.2) is 24.3 Å². The fourth-order valence-corrected chi connectivity index (χ4v) is 1.50. The molecule has 66 valence electrons. The van der Waals surface area contributed by atoms with E-state index in [0.717, 1.165) is 10.9 Å². The molecule has 0 atom stereocenters. The molecule has 0 radical (unpaired) electrons. The van der Waals surface area contributed by atoms with Gasteiger partial charge in [-0.15, -0.1) is 0 Å². The van der Waals surface area contributed by atoms with E-state index in [1.807, 2.05) is 24.3 Å². The summed E-state index contributed by atoms with van der Waals surface area (Å²) in [7, 11) is 1.78. The molecular formula is C9H7ClN2O. The number of rotatable bonds is 1. The summed E-state index contributed by atoms with van der Waals surface area (Å²) in [6.07, 6.45) is 0. The largest absolute Gasteiger partial charge is 0.274 e. The van der Waals surface area contributed by atoms with Gasteiger partial charge in [-0.1, -0.05) is 18.2 Å². The molecule has 1 aromatic heterocycles. The summed E-state index contributed by atoms with van der Waals surface area (Å²) >= 11 is 5.38. The van der Waals surface area contributed by atoms with Gasteiger partial charge in [0.05, 0.1) is 5.52 Å². The summed E-state index contributed by atoms with van der Waals surface area (Å²) < 4.78 is 1.64. The lowest BCUT2D eigenvalue weighted by atomic mass is 10.2. The Morgan fingerprint density at radius 2 is 2.15 bits per heavy atom. The molecule has 0 aliphatic carbocycles. The van der Waals surface area contributed by atoms with E-state index in [2.05, 4.69) is 5.10 Å². The van der Waals surface area contributed by atoms with Crippen LogP contribution in [0.2, 0.25) is 0 Å². The van der Waals surface area contributed by atoms with E-state index in [0.29, 0.717) is 5.69 Å². The van der Waals surface area contributed by atoms with Crippen LogP contribution in [0.5, 0.6) is 0 Å². The fourth-order valence-electron chi connectivity index (χ4n) is 1.36. The zero-order chi connectivity index (χ0) is 9.42. The van der Waals surface area contributed by atoms with Crippen LogP contribution in [-0.4, -0.2) is 15.0 Å². The third kappa shape index (κ3) is 1.21. The normalized spacial score (nSPS) is 10.6. The van der Waals surface area contributed by atoms with E-state index in [1.165, 1.54) is 0 Å². The lowest BCUT2D eigenvalue weighted by Crippen LogP contribution is -1.93. The van der Waals surface area contributed by atoms with Crippen LogP contribution >= 0.6 is 11.6 Å². The molecule has 0 amide bonds. The number of aryl methyl sites for hydroxylation is 1. The quantitative estimate of drug-likeness (QED) is 0.651. The van der Waals surface area contributed by atoms with Gasteiger partial charge in [0.15, 0.2) is 5.69 Å². The predicted octanol–water partition coefficient (Wildman–Crippen LogP) is 1.95. The Bertz CT molecular complexity index is 475. The van der Waals surface area contributed by atoms with Crippen molar-refractivity contribution in [2.75, 3.05) is 0 Å². The molecule has 4 heteroatoms. The summed E-state index contributed by atoms with van der Waals surface area (Å²) in [4.78, 5) is 11.0. The highest BCUT2D eigenvalue weighted by molar-refractivity contribution is 6.68. The van der Waals surface area contributed by atoms with Gasteiger partial charge in [0, 0.05) is 12.4 Å². The number of benzene rings is 1. The highest BCUT2D eigenvalue weighted by Crippen LogP contribution is 2.18. The van der Waals surface area contributed by atoms with Gasteiger partial charge in [-0.3, -0.25) is 9.48 Å². The van der Waals surface area contributed by atoms with Crippen molar-refractivity contribution in [3.63, 3.8) is 0 Å². The van der Waals surface area contributed by atoms with Crippen molar-refractivity contribution in [2.45, 2.75) is 0 Å². The zero-order valence-corrected chi connectivity index (χ0v) is 7.75. The molecule has 2 rings (SSSR count). The van der Waals surface area contributed by atoms with Gasteiger partial charge in [0.1, 0.15) is 0 Å². The Morgan fingerprint density at radius 3 is 2.85 bits per heavy atom. The minimum Gasteiger partial charge on any atom is -0.274 e. The maximum absolute atomic E-state index is 11.0. The molecule has 2 aromatic rings. The van der Waals surface area contributed by atoms with Gasteiger partial charge in [-0.05, 0) is 17.7 Å². The van der Waals surface area contributed by atoms with Crippen LogP contribution in [0, 0.1) is 0 Å². The lowest BCUT2D eigenvalue weighted by Gasteiger charge is -1.90. The van der Waals surface area contributed by atoms with Crippen molar-refractivity contribution in [3.8, 4) is 0 Å². The van der Waals surface area contributed by atoms with Crippen molar-refractivity contribution in [1.82, 2.24) is 9.78 Å². The van der Waals surface area contributed by atoms with Crippen molar-refractivity contribution in [3.05, 3.63) is 30.0 Å². The second kappa shape index (κ2) is 2.85. The van der Waals surface area contributed by atoms with Crippen molar-refractivity contribution in [2.24, 2.45) is 7.05 Å². The van der Waals surface area contributed by atoms with Crippen molar-refractivity contribution >= 4 is 27.7 Å². The smallest absolute Gasteiger partial charge is 0.273 e. The maximum atomic E-state index is 11.0. The topological polar surface area (TPSA) is 34.9 Å². The number of nitrogens with zero attached hydrogens (tertiary/aromatic N) is 2. The Labute approximate surface area is 79.9 Å². The SMILES string of the molecule is Cn1nc(C(=O)Cl)c2ccccc21. The number of carbonyl (C=O) groups excluding carboxylic acids is 1. The standard InChI is InChI=1S/C9H7ClN2O/c1-12-7-5-3-2-4-6(7)8(11-12)9(10)13/h2-5H,1H3. The zero-order valence-electron chi connectivity index (χ0n) is 6.99. The highest BCUT2D eigenvalue weighted by Gasteiger charge is 2.12. The molecule has 0 spiro atoms. The number of fused-ring (bicyclic) bond motifs is 1. The van der Waals surface area contributed by atoms with Crippen LogP contribution in [0.25, 0.3) is 10.9 Å². The summed E-state index contributed by atoms with van der Waals surface area (Å²) in [6.45, 7) is 0. The van der Waals surface area contributed by atoms with E-state index in [-0.39, 0.29) is 0 Å². The fraction of sp³-hybridized carbons (Fsp3) is 0.111. The minimum absolute atomic E-state index is 0.319. The van der Waals surface area contributed by atoms with Crippen molar-refractivity contribution in [1.29, 1.82) is 0 Å². The maximum Gasteiger partial charge on any atom is 0.273 e. The molecule has 0 N–H and O–H groups in total. The minimum atomic E-state index is -0.517. The molecule has 0 saturated heterocycles. The van der Waals surface area contributed by atoms with Gasteiger partial charge >= 0.3 is 0 Å². The molecule has 1 heterocycles. The summed E-state index contributed by atoms with van der Waals surface area (Å²) in [6, 6.07) is 7.48. The van der Waals surface area contributed by atoms with Crippen molar-refractivity contribution < 1.29 is 4.79 Å². The molecule has 0 saturated carbocycles. The van der Waals surface area contributed by atoms with Gasteiger partial charge in [-0.25, -0.2) is 0 Å². The molecule has 0 aliphatic heterocycles. The Morgan fingerprint density at radius 1 is 1.46 bits per heavy atom. The molecule has 1 aromatic carbocycles. The summed E-state index contributed by atoms with van der Waals surface area (Å²) in [5.74, 6) is 0. The van der Waals surface area contributed by atoms with Crippen LogP contribution in [-0.2, 0) is 7.05 Å². The van der Waals surface area contributed by atoms with E-state index in [4.69, 9.17) is 11.6 Å². The number of para-hydroxylation sites is 1. The second-order valence-corrected chi connectivity index (χ2v) is 3.11. The molecule has 0 aliphatic rings. The molecule has 13 heavy (non-hydrogen) atoms. The highest BCUT2D eigenvalue weighted by atomic mass is 35.5. The Balaban J connectivity index is 2.85. The van der Waals surface area contributed by atoms with E-state index < -0.39 is 5.24 Å². The summed E-state index contributed by atoms with van der Waals surface area (Å²) in [5, 5.41) is 4.30. The first-order chi connectivity index (χ1) is 6.20. The molecule has 3 nitrogen and oxygen atoms in total. The van der Waals surface area contributed by atoms with Gasteiger partial charge < -0.3 is 0 Å². The Kier molecular flexibility index (Phi) is 1.81. The third-order valence-corrected chi connectivity index (χ3v) is 2.12. The number of hydrogen-bond donors (Lipinski definition) is 0. The van der Waals surface area contributed by atoms with Crippen LogP contribution in [0.4, 0.5) is 0 Å². The average Bonchev–Trinajstić information content (AvgIpc) is 2.45. The van der Waals surface area contributed by atoms with Gasteiger partial charge in [-0.2, -0.15) is 5.10 Å². The number of hydrogen-bond acceptors (Lipinski definition) is 2. The molecule has 0 fully saturated rings. The number of carbonyl (C=O) groups is 1. The first-order valence-corrected chi connectivity index (χ1v) is 4.19. The molecule has 0 bridgehead atoms. The first kappa shape index (κ1) is 8.26. The number of halogens is 1. The van der Waals surface area contributed by atoms with E-state index in [9.17, 15) is 4.79 Å². The Hall–Kier alpha value is -1.35. The monoisotopic (exact) mass is 194 g/mol. The van der Waals surface area contributed by atoms with E-state index in [1.54, 1.807) is 11.7 Å². The molecule has 0 unspecified atom stereocenters. The first-order valence-electron chi connectivity index (χ1n) is 3.81. The second-order valence-electron chi connectivity index (χ2n) is 2.76.